The molecule has 102 valence electrons. The molecular weight excluding hydrogens is 254 g/mol. The lowest BCUT2D eigenvalue weighted by molar-refractivity contribution is 0.191. The van der Waals surface area contributed by atoms with Crippen LogP contribution in [-0.4, -0.2) is 36.1 Å². The van der Waals surface area contributed by atoms with Gasteiger partial charge in [0.25, 0.3) is 0 Å². The van der Waals surface area contributed by atoms with Gasteiger partial charge in [0.15, 0.2) is 5.82 Å². The molecule has 3 aromatic heterocycles. The predicted molar refractivity (Wildman–Crippen MR) is 73.1 cm³/mol. The first-order chi connectivity index (χ1) is 9.86. The van der Waals surface area contributed by atoms with Gasteiger partial charge in [0.2, 0.25) is 0 Å². The first kappa shape index (κ1) is 11.6. The largest absolute Gasteiger partial charge is 0.396 e. The molecule has 1 aliphatic rings. The minimum Gasteiger partial charge on any atom is -0.396 e. The summed E-state index contributed by atoms with van der Waals surface area (Å²) in [5, 5.41) is 22.3. The van der Waals surface area contributed by atoms with Gasteiger partial charge < -0.3 is 9.67 Å². The van der Waals surface area contributed by atoms with E-state index >= 15 is 0 Å². The molecule has 0 aromatic carbocycles. The summed E-state index contributed by atoms with van der Waals surface area (Å²) in [4.78, 5) is 0. The number of nitrogens with zero attached hydrogens (tertiary/aromatic N) is 5. The van der Waals surface area contributed by atoms with Gasteiger partial charge in [-0.05, 0) is 18.6 Å². The lowest BCUT2D eigenvalue weighted by atomic mass is 10.0. The normalized spacial score (nSPS) is 18.4. The Morgan fingerprint density at radius 1 is 1.30 bits per heavy atom. The Morgan fingerprint density at radius 3 is 3.15 bits per heavy atom. The standard InChI is InChI=1S/C14H15N5O/c20-9-10-4-5-13-16-17-14(18(13)8-10)11-7-15-19-6-2-1-3-12(11)19/h1-3,6-7,10,20H,4-5,8-9H2. The Labute approximate surface area is 115 Å². The molecule has 0 radical (unpaired) electrons. The average molecular weight is 269 g/mol. The minimum atomic E-state index is 0.214. The van der Waals surface area contributed by atoms with Crippen LogP contribution in [0.2, 0.25) is 0 Å². The number of rotatable bonds is 2. The zero-order valence-corrected chi connectivity index (χ0v) is 11.0. The van der Waals surface area contributed by atoms with E-state index in [1.807, 2.05) is 35.1 Å². The molecule has 0 saturated carbocycles. The Balaban J connectivity index is 1.85. The van der Waals surface area contributed by atoms with Gasteiger partial charge in [0.05, 0.1) is 17.3 Å². The maximum absolute atomic E-state index is 9.38. The van der Waals surface area contributed by atoms with E-state index in [-0.39, 0.29) is 6.61 Å². The summed E-state index contributed by atoms with van der Waals surface area (Å²) < 4.78 is 3.96. The average Bonchev–Trinajstić information content (AvgIpc) is 3.09. The molecule has 4 heterocycles. The van der Waals surface area contributed by atoms with Gasteiger partial charge in [0.1, 0.15) is 5.82 Å². The summed E-state index contributed by atoms with van der Waals surface area (Å²) in [6.07, 6.45) is 5.60. The van der Waals surface area contributed by atoms with Gasteiger partial charge in [0, 0.05) is 31.7 Å². The van der Waals surface area contributed by atoms with Gasteiger partial charge in [-0.15, -0.1) is 10.2 Å². The van der Waals surface area contributed by atoms with Crippen LogP contribution in [-0.2, 0) is 13.0 Å². The van der Waals surface area contributed by atoms with Crippen LogP contribution in [0.4, 0.5) is 0 Å². The highest BCUT2D eigenvalue weighted by molar-refractivity contribution is 5.75. The van der Waals surface area contributed by atoms with Crippen molar-refractivity contribution in [2.75, 3.05) is 6.61 Å². The van der Waals surface area contributed by atoms with Crippen molar-refractivity contribution >= 4 is 5.52 Å². The molecule has 4 rings (SSSR count). The number of hydrogen-bond acceptors (Lipinski definition) is 4. The smallest absolute Gasteiger partial charge is 0.167 e. The molecule has 1 unspecified atom stereocenters. The number of aromatic nitrogens is 5. The summed E-state index contributed by atoms with van der Waals surface area (Å²) in [5.41, 5.74) is 2.01. The van der Waals surface area contributed by atoms with Crippen molar-refractivity contribution in [3.05, 3.63) is 36.4 Å². The van der Waals surface area contributed by atoms with Crippen LogP contribution in [0.15, 0.2) is 30.6 Å². The zero-order valence-electron chi connectivity index (χ0n) is 11.0. The Bertz CT molecular complexity index is 760. The second-order valence-electron chi connectivity index (χ2n) is 5.23. The van der Waals surface area contributed by atoms with E-state index in [1.54, 1.807) is 0 Å². The zero-order chi connectivity index (χ0) is 13.5. The van der Waals surface area contributed by atoms with Gasteiger partial charge in [-0.3, -0.25) is 0 Å². The van der Waals surface area contributed by atoms with E-state index < -0.39 is 0 Å². The second-order valence-corrected chi connectivity index (χ2v) is 5.23. The van der Waals surface area contributed by atoms with Crippen molar-refractivity contribution in [1.29, 1.82) is 0 Å². The van der Waals surface area contributed by atoms with Crippen LogP contribution >= 0.6 is 0 Å². The summed E-state index contributed by atoms with van der Waals surface area (Å²) in [6, 6.07) is 5.96. The third-order valence-corrected chi connectivity index (χ3v) is 3.97. The number of hydrogen-bond donors (Lipinski definition) is 1. The van der Waals surface area contributed by atoms with Crippen LogP contribution < -0.4 is 0 Å². The lowest BCUT2D eigenvalue weighted by Crippen LogP contribution is -2.23. The van der Waals surface area contributed by atoms with Crippen molar-refractivity contribution in [2.24, 2.45) is 5.92 Å². The van der Waals surface area contributed by atoms with E-state index in [4.69, 9.17) is 0 Å². The molecule has 0 saturated heterocycles. The van der Waals surface area contributed by atoms with Crippen molar-refractivity contribution in [1.82, 2.24) is 24.4 Å². The monoisotopic (exact) mass is 269 g/mol. The molecule has 6 nitrogen and oxygen atoms in total. The maximum atomic E-state index is 9.38. The number of aliphatic hydroxyl groups is 1. The maximum Gasteiger partial charge on any atom is 0.167 e. The highest BCUT2D eigenvalue weighted by atomic mass is 16.3. The van der Waals surface area contributed by atoms with Crippen molar-refractivity contribution in [3.63, 3.8) is 0 Å². The molecule has 0 fully saturated rings. The summed E-state index contributed by atoms with van der Waals surface area (Å²) in [6.45, 7) is 0.990. The molecule has 3 aromatic rings. The number of fused-ring (bicyclic) bond motifs is 2. The predicted octanol–water partition coefficient (Wildman–Crippen LogP) is 1.15. The van der Waals surface area contributed by atoms with Crippen molar-refractivity contribution in [3.8, 4) is 11.4 Å². The molecule has 0 spiro atoms. The SMILES string of the molecule is OCC1CCc2nnc(-c3cnn4ccccc34)n2C1. The van der Waals surface area contributed by atoms with E-state index in [9.17, 15) is 5.11 Å². The highest BCUT2D eigenvalue weighted by Crippen LogP contribution is 2.27. The molecular formula is C14H15N5O. The van der Waals surface area contributed by atoms with Gasteiger partial charge >= 0.3 is 0 Å². The van der Waals surface area contributed by atoms with E-state index in [0.29, 0.717) is 5.92 Å². The third kappa shape index (κ3) is 1.65. The van der Waals surface area contributed by atoms with Crippen LogP contribution in [0, 0.1) is 5.92 Å². The molecule has 1 N–H and O–H groups in total. The quantitative estimate of drug-likeness (QED) is 0.757. The van der Waals surface area contributed by atoms with Gasteiger partial charge in [-0.1, -0.05) is 6.07 Å². The van der Waals surface area contributed by atoms with E-state index in [0.717, 1.165) is 42.1 Å². The molecule has 1 aliphatic heterocycles. The summed E-state index contributed by atoms with van der Waals surface area (Å²) in [5.74, 6) is 2.14. The van der Waals surface area contributed by atoms with Crippen LogP contribution in [0.5, 0.6) is 0 Å². The molecule has 20 heavy (non-hydrogen) atoms. The van der Waals surface area contributed by atoms with Crippen molar-refractivity contribution in [2.45, 2.75) is 19.4 Å². The molecule has 6 heteroatoms. The topological polar surface area (TPSA) is 68.2 Å². The Kier molecular flexibility index (Phi) is 2.56. The van der Waals surface area contributed by atoms with Crippen LogP contribution in [0.1, 0.15) is 12.2 Å². The van der Waals surface area contributed by atoms with E-state index in [1.165, 1.54) is 0 Å². The minimum absolute atomic E-state index is 0.214. The highest BCUT2D eigenvalue weighted by Gasteiger charge is 2.24. The molecule has 0 aliphatic carbocycles. The van der Waals surface area contributed by atoms with Crippen molar-refractivity contribution < 1.29 is 5.11 Å². The van der Waals surface area contributed by atoms with Gasteiger partial charge in [-0.2, -0.15) is 5.10 Å². The second kappa shape index (κ2) is 4.42. The van der Waals surface area contributed by atoms with Gasteiger partial charge in [-0.25, -0.2) is 4.52 Å². The summed E-state index contributed by atoms with van der Waals surface area (Å²) >= 11 is 0. The molecule has 1 atom stereocenters. The fourth-order valence-corrected chi connectivity index (χ4v) is 2.85. The molecule has 0 bridgehead atoms. The fraction of sp³-hybridized carbons (Fsp3) is 0.357. The number of aryl methyl sites for hydroxylation is 1. The van der Waals surface area contributed by atoms with Crippen LogP contribution in [0.3, 0.4) is 0 Å². The first-order valence-electron chi connectivity index (χ1n) is 6.82. The Hall–Kier alpha value is -2.21. The Morgan fingerprint density at radius 2 is 2.25 bits per heavy atom. The number of aliphatic hydroxyl groups excluding tert-OH is 1. The van der Waals surface area contributed by atoms with Crippen LogP contribution in [0.25, 0.3) is 16.9 Å². The number of pyridine rings is 1. The third-order valence-electron chi connectivity index (χ3n) is 3.97. The lowest BCUT2D eigenvalue weighted by Gasteiger charge is -2.22. The fourth-order valence-electron chi connectivity index (χ4n) is 2.85. The summed E-state index contributed by atoms with van der Waals surface area (Å²) in [7, 11) is 0. The molecule has 0 amide bonds. The first-order valence-corrected chi connectivity index (χ1v) is 6.82. The van der Waals surface area contributed by atoms with E-state index in [2.05, 4.69) is 19.9 Å².